The van der Waals surface area contributed by atoms with E-state index in [-0.39, 0.29) is 5.91 Å². The lowest BCUT2D eigenvalue weighted by Gasteiger charge is -2.07. The van der Waals surface area contributed by atoms with Crippen LogP contribution in [0.3, 0.4) is 0 Å². The minimum atomic E-state index is -0.226. The predicted octanol–water partition coefficient (Wildman–Crippen LogP) is 1.88. The van der Waals surface area contributed by atoms with Crippen LogP contribution in [-0.4, -0.2) is 46.0 Å². The zero-order valence-electron chi connectivity index (χ0n) is 13.6. The van der Waals surface area contributed by atoms with E-state index in [1.165, 1.54) is 11.3 Å². The average Bonchev–Trinajstić information content (AvgIpc) is 3.26. The van der Waals surface area contributed by atoms with Crippen LogP contribution in [-0.2, 0) is 0 Å². The highest BCUT2D eigenvalue weighted by Crippen LogP contribution is 2.39. The highest BCUT2D eigenvalue weighted by molar-refractivity contribution is 7.18. The second-order valence-corrected chi connectivity index (χ2v) is 6.67. The molecule has 1 aromatic carbocycles. The summed E-state index contributed by atoms with van der Waals surface area (Å²) in [5.74, 6) is 2.56. The van der Waals surface area contributed by atoms with Crippen molar-refractivity contribution in [2.45, 2.75) is 18.8 Å². The van der Waals surface area contributed by atoms with E-state index in [0.29, 0.717) is 29.0 Å². The van der Waals surface area contributed by atoms with Crippen molar-refractivity contribution in [2.75, 3.05) is 20.3 Å². The maximum atomic E-state index is 12.2. The van der Waals surface area contributed by atoms with Crippen LogP contribution in [0.4, 0.5) is 0 Å². The van der Waals surface area contributed by atoms with Gasteiger partial charge in [-0.2, -0.15) is 4.52 Å². The second kappa shape index (κ2) is 6.67. The van der Waals surface area contributed by atoms with E-state index in [1.807, 2.05) is 24.3 Å². The summed E-state index contributed by atoms with van der Waals surface area (Å²) in [6, 6.07) is 7.29. The molecule has 25 heavy (non-hydrogen) atoms. The molecule has 8 nitrogen and oxygen atoms in total. The number of nitrogens with one attached hydrogen (secondary N) is 1. The first kappa shape index (κ1) is 15.8. The zero-order chi connectivity index (χ0) is 17.2. The Morgan fingerprint density at radius 2 is 2.04 bits per heavy atom. The number of methoxy groups -OCH3 is 1. The Balaban J connectivity index is 1.29. The first-order valence-electron chi connectivity index (χ1n) is 8.02. The molecule has 2 heterocycles. The summed E-state index contributed by atoms with van der Waals surface area (Å²) >= 11 is 1.24. The summed E-state index contributed by atoms with van der Waals surface area (Å²) < 4.78 is 12.4. The second-order valence-electron chi connectivity index (χ2n) is 5.71. The number of rotatable bonds is 7. The van der Waals surface area contributed by atoms with Crippen LogP contribution in [0.2, 0.25) is 0 Å². The van der Waals surface area contributed by atoms with Crippen molar-refractivity contribution in [2.24, 2.45) is 0 Å². The first-order valence-corrected chi connectivity index (χ1v) is 8.83. The van der Waals surface area contributed by atoms with Gasteiger partial charge in [0, 0.05) is 5.92 Å². The number of amides is 1. The summed E-state index contributed by atoms with van der Waals surface area (Å²) in [7, 11) is 1.62. The number of hydrogen-bond donors (Lipinski definition) is 1. The van der Waals surface area contributed by atoms with Gasteiger partial charge in [-0.05, 0) is 37.1 Å². The smallest absolute Gasteiger partial charge is 0.282 e. The van der Waals surface area contributed by atoms with Crippen LogP contribution >= 0.6 is 11.3 Å². The van der Waals surface area contributed by atoms with E-state index in [4.69, 9.17) is 9.47 Å². The average molecular weight is 359 g/mol. The molecule has 0 unspecified atom stereocenters. The zero-order valence-corrected chi connectivity index (χ0v) is 14.5. The van der Waals surface area contributed by atoms with E-state index in [2.05, 4.69) is 20.6 Å². The molecule has 0 radical (unpaired) electrons. The van der Waals surface area contributed by atoms with Crippen molar-refractivity contribution in [1.29, 1.82) is 0 Å². The van der Waals surface area contributed by atoms with Gasteiger partial charge in [-0.1, -0.05) is 11.3 Å². The highest BCUT2D eigenvalue weighted by atomic mass is 32.1. The molecule has 2 aromatic heterocycles. The SMILES string of the molecule is COc1ccc(OCCNC(=O)c2nn3c(C4CC4)nnc3s2)cc1. The van der Waals surface area contributed by atoms with Crippen molar-refractivity contribution in [3.05, 3.63) is 35.1 Å². The van der Waals surface area contributed by atoms with Crippen LogP contribution in [0.5, 0.6) is 11.5 Å². The van der Waals surface area contributed by atoms with Crippen molar-refractivity contribution in [1.82, 2.24) is 25.1 Å². The van der Waals surface area contributed by atoms with Crippen LogP contribution in [0.25, 0.3) is 4.96 Å². The molecule has 0 bridgehead atoms. The third kappa shape index (κ3) is 3.41. The van der Waals surface area contributed by atoms with Crippen molar-refractivity contribution in [3.8, 4) is 11.5 Å². The highest BCUT2D eigenvalue weighted by Gasteiger charge is 2.30. The number of benzene rings is 1. The summed E-state index contributed by atoms with van der Waals surface area (Å²) in [5.41, 5.74) is 0. The lowest BCUT2D eigenvalue weighted by molar-refractivity contribution is 0.0945. The molecule has 1 aliphatic rings. The quantitative estimate of drug-likeness (QED) is 0.648. The third-order valence-corrected chi connectivity index (χ3v) is 4.77. The van der Waals surface area contributed by atoms with E-state index in [1.54, 1.807) is 11.6 Å². The fraction of sp³-hybridized carbons (Fsp3) is 0.375. The number of carbonyl (C=O) groups excluding carboxylic acids is 1. The van der Waals surface area contributed by atoms with E-state index in [0.717, 1.165) is 30.2 Å². The number of hydrogen-bond acceptors (Lipinski definition) is 7. The van der Waals surface area contributed by atoms with Gasteiger partial charge in [0.25, 0.3) is 5.91 Å². The van der Waals surface area contributed by atoms with Gasteiger partial charge in [-0.3, -0.25) is 4.79 Å². The summed E-state index contributed by atoms with van der Waals surface area (Å²) in [6.45, 7) is 0.760. The maximum Gasteiger partial charge on any atom is 0.282 e. The van der Waals surface area contributed by atoms with Crippen LogP contribution in [0.15, 0.2) is 24.3 Å². The lowest BCUT2D eigenvalue weighted by Crippen LogP contribution is -2.28. The van der Waals surface area contributed by atoms with Crippen molar-refractivity contribution < 1.29 is 14.3 Å². The number of nitrogens with zero attached hydrogens (tertiary/aromatic N) is 4. The minimum Gasteiger partial charge on any atom is -0.497 e. The largest absolute Gasteiger partial charge is 0.497 e. The molecule has 1 N–H and O–H groups in total. The van der Waals surface area contributed by atoms with Gasteiger partial charge in [-0.15, -0.1) is 15.3 Å². The molecule has 1 aliphatic carbocycles. The third-order valence-electron chi connectivity index (χ3n) is 3.87. The molecule has 9 heteroatoms. The van der Waals surface area contributed by atoms with Gasteiger partial charge in [0.05, 0.1) is 13.7 Å². The normalized spacial score (nSPS) is 13.8. The van der Waals surface area contributed by atoms with Gasteiger partial charge in [0.15, 0.2) is 5.82 Å². The predicted molar refractivity (Wildman–Crippen MR) is 91.5 cm³/mol. The lowest BCUT2D eigenvalue weighted by atomic mass is 10.3. The van der Waals surface area contributed by atoms with E-state index < -0.39 is 0 Å². The number of aromatic nitrogens is 4. The number of ether oxygens (including phenoxy) is 2. The Hall–Kier alpha value is -2.68. The minimum absolute atomic E-state index is 0.226. The fourth-order valence-corrected chi connectivity index (χ4v) is 3.16. The Morgan fingerprint density at radius 3 is 2.76 bits per heavy atom. The van der Waals surface area contributed by atoms with Gasteiger partial charge >= 0.3 is 0 Å². The molecule has 1 fully saturated rings. The first-order chi connectivity index (χ1) is 12.2. The topological polar surface area (TPSA) is 90.6 Å². The van der Waals surface area contributed by atoms with Crippen LogP contribution in [0.1, 0.15) is 34.4 Å². The van der Waals surface area contributed by atoms with Gasteiger partial charge < -0.3 is 14.8 Å². The number of fused-ring (bicyclic) bond motifs is 1. The Morgan fingerprint density at radius 1 is 1.28 bits per heavy atom. The summed E-state index contributed by atoms with van der Waals surface area (Å²) in [5, 5.41) is 15.7. The van der Waals surface area contributed by atoms with Crippen LogP contribution < -0.4 is 14.8 Å². The molecule has 3 aromatic rings. The van der Waals surface area contributed by atoms with E-state index in [9.17, 15) is 4.79 Å². The van der Waals surface area contributed by atoms with E-state index >= 15 is 0 Å². The summed E-state index contributed by atoms with van der Waals surface area (Å²) in [4.78, 5) is 12.9. The monoisotopic (exact) mass is 359 g/mol. The molecular formula is C16H17N5O3S. The molecule has 0 saturated heterocycles. The number of carbonyl (C=O) groups is 1. The molecule has 130 valence electrons. The Labute approximate surface area is 147 Å². The molecule has 4 rings (SSSR count). The molecule has 1 saturated carbocycles. The van der Waals surface area contributed by atoms with Gasteiger partial charge in [0.2, 0.25) is 9.97 Å². The fourth-order valence-electron chi connectivity index (χ4n) is 2.40. The Kier molecular flexibility index (Phi) is 4.22. The van der Waals surface area contributed by atoms with Crippen molar-refractivity contribution >= 4 is 22.2 Å². The standard InChI is InChI=1S/C16H17N5O3S/c1-23-11-4-6-12(7-5-11)24-9-8-17-14(22)15-20-21-13(10-2-3-10)18-19-16(21)25-15/h4-7,10H,2-3,8-9H2,1H3,(H,17,22). The maximum absolute atomic E-state index is 12.2. The van der Waals surface area contributed by atoms with Gasteiger partial charge in [0.1, 0.15) is 18.1 Å². The molecular weight excluding hydrogens is 342 g/mol. The van der Waals surface area contributed by atoms with Crippen molar-refractivity contribution in [3.63, 3.8) is 0 Å². The van der Waals surface area contributed by atoms with Gasteiger partial charge in [-0.25, -0.2) is 0 Å². The molecule has 0 aliphatic heterocycles. The van der Waals surface area contributed by atoms with Crippen LogP contribution in [0, 0.1) is 0 Å². The Bertz CT molecular complexity index is 885. The molecule has 0 spiro atoms. The molecule has 1 amide bonds. The summed E-state index contributed by atoms with van der Waals surface area (Å²) in [6.07, 6.45) is 2.23. The molecule has 0 atom stereocenters.